The fourth-order valence-electron chi connectivity index (χ4n) is 2.91. The van der Waals surface area contributed by atoms with Crippen LogP contribution in [-0.4, -0.2) is 16.8 Å². The van der Waals surface area contributed by atoms with E-state index >= 15 is 0 Å². The summed E-state index contributed by atoms with van der Waals surface area (Å²) in [6.07, 6.45) is 3.04. The number of carbonyl (C=O) groups is 2. The first-order valence-corrected chi connectivity index (χ1v) is 10.7. The Morgan fingerprint density at radius 2 is 1.79 bits per heavy atom. The van der Waals surface area contributed by atoms with Crippen LogP contribution in [0.2, 0.25) is 0 Å². The molecule has 0 saturated heterocycles. The molecular formula is C23H25N3O2S. The molecule has 0 atom stereocenters. The summed E-state index contributed by atoms with van der Waals surface area (Å²) >= 11 is 1.51. The van der Waals surface area contributed by atoms with Crippen LogP contribution in [0.3, 0.4) is 0 Å². The van der Waals surface area contributed by atoms with Gasteiger partial charge in [-0.3, -0.25) is 9.59 Å². The van der Waals surface area contributed by atoms with Crippen LogP contribution in [0, 0.1) is 0 Å². The minimum absolute atomic E-state index is 0.000749. The molecule has 29 heavy (non-hydrogen) atoms. The lowest BCUT2D eigenvalue weighted by Gasteiger charge is -2.08. The van der Waals surface area contributed by atoms with Crippen LogP contribution in [0.4, 0.5) is 5.69 Å². The number of thiazole rings is 1. The molecule has 150 valence electrons. The van der Waals surface area contributed by atoms with Gasteiger partial charge in [0.15, 0.2) is 0 Å². The fourth-order valence-corrected chi connectivity index (χ4v) is 3.69. The third-order valence-electron chi connectivity index (χ3n) is 4.40. The Morgan fingerprint density at radius 3 is 2.59 bits per heavy atom. The maximum Gasteiger partial charge on any atom is 0.271 e. The molecule has 0 aliphatic carbocycles. The van der Waals surface area contributed by atoms with Crippen LogP contribution in [0.25, 0.3) is 0 Å². The molecule has 0 saturated carbocycles. The van der Waals surface area contributed by atoms with Crippen molar-refractivity contribution in [3.8, 4) is 0 Å². The van der Waals surface area contributed by atoms with Crippen molar-refractivity contribution in [2.45, 2.75) is 39.2 Å². The third-order valence-corrected chi connectivity index (χ3v) is 5.30. The number of aromatic nitrogens is 1. The normalized spacial score (nSPS) is 10.5. The van der Waals surface area contributed by atoms with Crippen LogP contribution in [-0.2, 0) is 24.2 Å². The van der Waals surface area contributed by atoms with Gasteiger partial charge >= 0.3 is 0 Å². The van der Waals surface area contributed by atoms with Crippen molar-refractivity contribution in [2.75, 3.05) is 5.32 Å². The Bertz CT molecular complexity index is 954. The molecule has 0 unspecified atom stereocenters. The van der Waals surface area contributed by atoms with Gasteiger partial charge in [-0.05, 0) is 36.1 Å². The highest BCUT2D eigenvalue weighted by atomic mass is 32.1. The van der Waals surface area contributed by atoms with Gasteiger partial charge in [0.2, 0.25) is 5.91 Å². The Hall–Kier alpha value is -2.99. The molecule has 5 nitrogen and oxygen atoms in total. The van der Waals surface area contributed by atoms with Crippen LogP contribution < -0.4 is 10.6 Å². The number of hydrogen-bond acceptors (Lipinski definition) is 4. The van der Waals surface area contributed by atoms with Crippen molar-refractivity contribution < 1.29 is 9.59 Å². The van der Waals surface area contributed by atoms with E-state index in [4.69, 9.17) is 0 Å². The summed E-state index contributed by atoms with van der Waals surface area (Å²) < 4.78 is 0. The minimum atomic E-state index is -0.187. The first-order valence-electron chi connectivity index (χ1n) is 9.79. The Balaban J connectivity index is 1.51. The molecule has 2 N–H and O–H groups in total. The van der Waals surface area contributed by atoms with E-state index < -0.39 is 0 Å². The molecule has 0 aliphatic heterocycles. The van der Waals surface area contributed by atoms with Crippen molar-refractivity contribution >= 4 is 28.8 Å². The number of amides is 2. The Morgan fingerprint density at radius 1 is 1.00 bits per heavy atom. The van der Waals surface area contributed by atoms with Crippen molar-refractivity contribution in [3.63, 3.8) is 0 Å². The maximum atomic E-state index is 12.4. The zero-order chi connectivity index (χ0) is 20.5. The van der Waals surface area contributed by atoms with Crippen LogP contribution in [0.5, 0.6) is 0 Å². The zero-order valence-electron chi connectivity index (χ0n) is 16.5. The van der Waals surface area contributed by atoms with Gasteiger partial charge in [-0.15, -0.1) is 11.3 Å². The molecule has 0 aliphatic rings. The molecule has 0 spiro atoms. The second-order valence-electron chi connectivity index (χ2n) is 6.79. The van der Waals surface area contributed by atoms with Crippen LogP contribution in [0.15, 0.2) is 60.0 Å². The molecule has 1 aromatic heterocycles. The van der Waals surface area contributed by atoms with Gasteiger partial charge in [0.25, 0.3) is 5.91 Å². The number of anilines is 1. The molecule has 0 bridgehead atoms. The number of nitrogens with one attached hydrogen (secondary N) is 2. The van der Waals surface area contributed by atoms with Gasteiger partial charge in [-0.1, -0.05) is 49.4 Å². The Kier molecular flexibility index (Phi) is 7.53. The van der Waals surface area contributed by atoms with E-state index in [2.05, 4.69) is 27.8 Å². The summed E-state index contributed by atoms with van der Waals surface area (Å²) in [5.74, 6) is -0.188. The number of carbonyl (C=O) groups excluding carboxylic acids is 2. The summed E-state index contributed by atoms with van der Waals surface area (Å²) in [5.41, 5.74) is 3.38. The van der Waals surface area contributed by atoms with E-state index in [0.29, 0.717) is 18.7 Å². The molecule has 3 rings (SSSR count). The predicted molar refractivity (Wildman–Crippen MR) is 117 cm³/mol. The van der Waals surface area contributed by atoms with Gasteiger partial charge in [-0.2, -0.15) is 0 Å². The quantitative estimate of drug-likeness (QED) is 0.545. The molecule has 3 aromatic rings. The standard InChI is InChI=1S/C23H25N3O2S/c1-2-7-21(27)25-19-11-6-10-18(14-19)15-24-23(28)20-16-29-22(26-20)13-12-17-8-4-3-5-9-17/h3-6,8-11,14,16H,2,7,12-13,15H2,1H3,(H,24,28)(H,25,27). The monoisotopic (exact) mass is 407 g/mol. The second-order valence-corrected chi connectivity index (χ2v) is 7.74. The number of nitrogens with zero attached hydrogens (tertiary/aromatic N) is 1. The highest BCUT2D eigenvalue weighted by Gasteiger charge is 2.11. The Labute approximate surface area is 175 Å². The molecule has 2 amide bonds. The lowest BCUT2D eigenvalue weighted by Crippen LogP contribution is -2.23. The lowest BCUT2D eigenvalue weighted by atomic mass is 10.1. The van der Waals surface area contributed by atoms with E-state index in [9.17, 15) is 9.59 Å². The van der Waals surface area contributed by atoms with Gasteiger partial charge in [-0.25, -0.2) is 4.98 Å². The smallest absolute Gasteiger partial charge is 0.271 e. The largest absolute Gasteiger partial charge is 0.347 e. The molecule has 6 heteroatoms. The first kappa shape index (κ1) is 20.7. The van der Waals surface area contributed by atoms with Gasteiger partial charge in [0.05, 0.1) is 5.01 Å². The molecular weight excluding hydrogens is 382 g/mol. The molecule has 2 aromatic carbocycles. The van der Waals surface area contributed by atoms with E-state index in [1.165, 1.54) is 16.9 Å². The molecule has 1 heterocycles. The average molecular weight is 408 g/mol. The second kappa shape index (κ2) is 10.5. The van der Waals surface area contributed by atoms with E-state index in [1.807, 2.05) is 49.4 Å². The number of benzene rings is 2. The summed E-state index contributed by atoms with van der Waals surface area (Å²) in [7, 11) is 0. The topological polar surface area (TPSA) is 71.1 Å². The fraction of sp³-hybridized carbons (Fsp3) is 0.261. The van der Waals surface area contributed by atoms with Crippen molar-refractivity contribution in [3.05, 3.63) is 81.8 Å². The lowest BCUT2D eigenvalue weighted by molar-refractivity contribution is -0.116. The van der Waals surface area contributed by atoms with Crippen LogP contribution in [0.1, 0.15) is 46.4 Å². The molecule has 0 radical (unpaired) electrons. The third kappa shape index (κ3) is 6.54. The first-order chi connectivity index (χ1) is 14.1. The number of rotatable bonds is 9. The summed E-state index contributed by atoms with van der Waals surface area (Å²) in [6, 6.07) is 17.8. The summed E-state index contributed by atoms with van der Waals surface area (Å²) in [6.45, 7) is 2.35. The molecule has 0 fully saturated rings. The predicted octanol–water partition coefficient (Wildman–Crippen LogP) is 4.60. The summed E-state index contributed by atoms with van der Waals surface area (Å²) in [5, 5.41) is 8.53. The van der Waals surface area contributed by atoms with Crippen molar-refractivity contribution in [1.29, 1.82) is 0 Å². The van der Waals surface area contributed by atoms with Crippen LogP contribution >= 0.6 is 11.3 Å². The maximum absolute atomic E-state index is 12.4. The minimum Gasteiger partial charge on any atom is -0.347 e. The van der Waals surface area contributed by atoms with Gasteiger partial charge in [0.1, 0.15) is 5.69 Å². The summed E-state index contributed by atoms with van der Waals surface area (Å²) in [4.78, 5) is 28.6. The SMILES string of the molecule is CCCC(=O)Nc1cccc(CNC(=O)c2csc(CCc3ccccc3)n2)c1. The van der Waals surface area contributed by atoms with Gasteiger partial charge in [0, 0.05) is 30.5 Å². The highest BCUT2D eigenvalue weighted by Crippen LogP contribution is 2.14. The van der Waals surface area contributed by atoms with E-state index in [1.54, 1.807) is 5.38 Å². The highest BCUT2D eigenvalue weighted by molar-refractivity contribution is 7.09. The number of aryl methyl sites for hydroxylation is 2. The van der Waals surface area contributed by atoms with E-state index in [-0.39, 0.29) is 11.8 Å². The zero-order valence-corrected chi connectivity index (χ0v) is 17.3. The average Bonchev–Trinajstić information content (AvgIpc) is 3.21. The van der Waals surface area contributed by atoms with Gasteiger partial charge < -0.3 is 10.6 Å². The van der Waals surface area contributed by atoms with Crippen molar-refractivity contribution in [1.82, 2.24) is 10.3 Å². The van der Waals surface area contributed by atoms with E-state index in [0.717, 1.165) is 35.5 Å². The number of hydrogen-bond donors (Lipinski definition) is 2. The van der Waals surface area contributed by atoms with Crippen molar-refractivity contribution in [2.24, 2.45) is 0 Å².